The highest BCUT2D eigenvalue weighted by molar-refractivity contribution is 5.81. The van der Waals surface area contributed by atoms with Crippen LogP contribution in [-0.2, 0) is 17.9 Å². The Morgan fingerprint density at radius 2 is 1.89 bits per heavy atom. The maximum atomic E-state index is 12.6. The molecule has 6 heteroatoms. The molecule has 6 nitrogen and oxygen atoms in total. The molecule has 1 atom stereocenters. The van der Waals surface area contributed by atoms with E-state index in [2.05, 4.69) is 10.4 Å². The molecule has 0 spiro atoms. The first-order valence-electron chi connectivity index (χ1n) is 9.27. The number of para-hydroxylation sites is 2. The fourth-order valence-electron chi connectivity index (χ4n) is 2.97. The summed E-state index contributed by atoms with van der Waals surface area (Å²) in [6, 6.07) is 17.4. The van der Waals surface area contributed by atoms with Crippen molar-refractivity contribution in [1.82, 2.24) is 20.0 Å². The van der Waals surface area contributed by atoms with E-state index in [1.807, 2.05) is 90.5 Å². The second-order valence-corrected chi connectivity index (χ2v) is 6.75. The molecule has 0 saturated carbocycles. The number of carbonyl (C=O) groups is 1. The SMILES string of the molecule is COc1ccccc1CNC(=O)C(C)N(C)Cc1cnn(-c2ccccc2)c1. The Labute approximate surface area is 165 Å². The molecule has 28 heavy (non-hydrogen) atoms. The normalized spacial score (nSPS) is 12.0. The minimum atomic E-state index is -0.269. The number of rotatable bonds is 8. The molecule has 3 aromatic rings. The molecule has 1 unspecified atom stereocenters. The number of hydrogen-bond donors (Lipinski definition) is 1. The molecule has 1 N–H and O–H groups in total. The first kappa shape index (κ1) is 19.6. The Bertz CT molecular complexity index is 908. The lowest BCUT2D eigenvalue weighted by atomic mass is 10.2. The zero-order valence-corrected chi connectivity index (χ0v) is 16.5. The van der Waals surface area contributed by atoms with Gasteiger partial charge in [-0.3, -0.25) is 9.69 Å². The fraction of sp³-hybridized carbons (Fsp3) is 0.273. The van der Waals surface area contributed by atoms with Gasteiger partial charge in [-0.25, -0.2) is 4.68 Å². The van der Waals surface area contributed by atoms with Gasteiger partial charge in [-0.15, -0.1) is 0 Å². The van der Waals surface area contributed by atoms with Crippen molar-refractivity contribution in [3.63, 3.8) is 0 Å². The van der Waals surface area contributed by atoms with E-state index in [1.54, 1.807) is 7.11 Å². The zero-order chi connectivity index (χ0) is 19.9. The number of hydrogen-bond acceptors (Lipinski definition) is 4. The highest BCUT2D eigenvalue weighted by Gasteiger charge is 2.19. The molecule has 1 amide bonds. The van der Waals surface area contributed by atoms with Gasteiger partial charge in [0.25, 0.3) is 0 Å². The summed E-state index contributed by atoms with van der Waals surface area (Å²) >= 11 is 0. The van der Waals surface area contributed by atoms with Crippen LogP contribution in [-0.4, -0.2) is 40.8 Å². The van der Waals surface area contributed by atoms with Gasteiger partial charge in [0, 0.05) is 30.4 Å². The molecule has 0 radical (unpaired) electrons. The van der Waals surface area contributed by atoms with Crippen molar-refractivity contribution in [2.75, 3.05) is 14.2 Å². The predicted molar refractivity (Wildman–Crippen MR) is 109 cm³/mol. The molecule has 1 aromatic heterocycles. The Morgan fingerprint density at radius 1 is 1.18 bits per heavy atom. The summed E-state index contributed by atoms with van der Waals surface area (Å²) < 4.78 is 7.18. The Kier molecular flexibility index (Phi) is 6.45. The third-order valence-corrected chi connectivity index (χ3v) is 4.77. The number of nitrogens with zero attached hydrogens (tertiary/aromatic N) is 3. The molecule has 0 aliphatic carbocycles. The van der Waals surface area contributed by atoms with E-state index >= 15 is 0 Å². The molecule has 0 saturated heterocycles. The van der Waals surface area contributed by atoms with Gasteiger partial charge in [-0.1, -0.05) is 36.4 Å². The van der Waals surface area contributed by atoms with E-state index in [0.717, 1.165) is 22.6 Å². The van der Waals surface area contributed by atoms with Crippen molar-refractivity contribution in [2.45, 2.75) is 26.1 Å². The van der Waals surface area contributed by atoms with Gasteiger partial charge in [0.1, 0.15) is 5.75 Å². The molecular formula is C22H26N4O2. The minimum absolute atomic E-state index is 0.0242. The molecule has 3 rings (SSSR count). The van der Waals surface area contributed by atoms with Gasteiger partial charge in [0.2, 0.25) is 5.91 Å². The van der Waals surface area contributed by atoms with Gasteiger partial charge < -0.3 is 10.1 Å². The third kappa shape index (κ3) is 4.78. The van der Waals surface area contributed by atoms with Crippen molar-refractivity contribution in [3.05, 3.63) is 78.1 Å². The number of aromatic nitrogens is 2. The predicted octanol–water partition coefficient (Wildman–Crippen LogP) is 3.02. The zero-order valence-electron chi connectivity index (χ0n) is 16.5. The molecule has 2 aromatic carbocycles. The Hall–Kier alpha value is -3.12. The van der Waals surface area contributed by atoms with Crippen LogP contribution in [0.3, 0.4) is 0 Å². The maximum absolute atomic E-state index is 12.6. The lowest BCUT2D eigenvalue weighted by molar-refractivity contribution is -0.125. The van der Waals surface area contributed by atoms with Crippen molar-refractivity contribution >= 4 is 5.91 Å². The minimum Gasteiger partial charge on any atom is -0.496 e. The number of nitrogens with one attached hydrogen (secondary N) is 1. The number of methoxy groups -OCH3 is 1. The van der Waals surface area contributed by atoms with Crippen LogP contribution in [0, 0.1) is 0 Å². The number of amides is 1. The standard InChI is InChI=1S/C22H26N4O2/c1-17(22(27)23-14-19-9-7-8-12-21(19)28-3)25(2)15-18-13-24-26(16-18)20-10-5-4-6-11-20/h4-13,16-17H,14-15H2,1-3H3,(H,23,27). The summed E-state index contributed by atoms with van der Waals surface area (Å²) in [4.78, 5) is 14.6. The summed E-state index contributed by atoms with van der Waals surface area (Å²) in [6.07, 6.45) is 3.83. The Balaban J connectivity index is 1.56. The van der Waals surface area contributed by atoms with Crippen LogP contribution in [0.1, 0.15) is 18.1 Å². The van der Waals surface area contributed by atoms with Crippen molar-refractivity contribution in [3.8, 4) is 11.4 Å². The van der Waals surface area contributed by atoms with E-state index in [4.69, 9.17) is 4.74 Å². The van der Waals surface area contributed by atoms with E-state index in [9.17, 15) is 4.79 Å². The number of ether oxygens (including phenoxy) is 1. The summed E-state index contributed by atoms with van der Waals surface area (Å²) in [7, 11) is 3.57. The van der Waals surface area contributed by atoms with Crippen molar-refractivity contribution in [2.24, 2.45) is 0 Å². The van der Waals surface area contributed by atoms with E-state index < -0.39 is 0 Å². The van der Waals surface area contributed by atoms with Crippen LogP contribution >= 0.6 is 0 Å². The molecule has 0 aliphatic rings. The van der Waals surface area contributed by atoms with Crippen LogP contribution in [0.15, 0.2) is 67.0 Å². The van der Waals surface area contributed by atoms with Crippen LogP contribution in [0.5, 0.6) is 5.75 Å². The van der Waals surface area contributed by atoms with E-state index in [1.165, 1.54) is 0 Å². The molecule has 0 aliphatic heterocycles. The largest absolute Gasteiger partial charge is 0.496 e. The molecule has 146 valence electrons. The first-order valence-corrected chi connectivity index (χ1v) is 9.27. The van der Waals surface area contributed by atoms with Crippen LogP contribution in [0.2, 0.25) is 0 Å². The summed E-state index contributed by atoms with van der Waals surface area (Å²) in [5.74, 6) is 0.751. The van der Waals surface area contributed by atoms with E-state index in [-0.39, 0.29) is 11.9 Å². The van der Waals surface area contributed by atoms with Gasteiger partial charge in [-0.05, 0) is 32.2 Å². The van der Waals surface area contributed by atoms with Gasteiger partial charge in [0.05, 0.1) is 25.0 Å². The molecule has 0 fully saturated rings. The van der Waals surface area contributed by atoms with Crippen LogP contribution < -0.4 is 10.1 Å². The quantitative estimate of drug-likeness (QED) is 0.655. The van der Waals surface area contributed by atoms with Gasteiger partial charge in [-0.2, -0.15) is 5.10 Å². The second kappa shape index (κ2) is 9.19. The topological polar surface area (TPSA) is 59.4 Å². The number of carbonyl (C=O) groups excluding carboxylic acids is 1. The average Bonchev–Trinajstić information content (AvgIpc) is 3.20. The smallest absolute Gasteiger partial charge is 0.237 e. The maximum Gasteiger partial charge on any atom is 0.237 e. The van der Waals surface area contributed by atoms with Crippen LogP contribution in [0.25, 0.3) is 5.69 Å². The lowest BCUT2D eigenvalue weighted by Crippen LogP contribution is -2.42. The van der Waals surface area contributed by atoms with Crippen molar-refractivity contribution < 1.29 is 9.53 Å². The van der Waals surface area contributed by atoms with Gasteiger partial charge in [0.15, 0.2) is 0 Å². The highest BCUT2D eigenvalue weighted by Crippen LogP contribution is 2.17. The monoisotopic (exact) mass is 378 g/mol. The number of benzene rings is 2. The molecule has 0 bridgehead atoms. The molecule has 1 heterocycles. The first-order chi connectivity index (χ1) is 13.6. The molecular weight excluding hydrogens is 352 g/mol. The summed E-state index contributed by atoms with van der Waals surface area (Å²) in [5, 5.41) is 7.40. The number of likely N-dealkylation sites (N-methyl/N-ethyl adjacent to an activating group) is 1. The van der Waals surface area contributed by atoms with Crippen molar-refractivity contribution in [1.29, 1.82) is 0 Å². The van der Waals surface area contributed by atoms with Crippen LogP contribution in [0.4, 0.5) is 0 Å². The summed E-state index contributed by atoms with van der Waals surface area (Å²) in [6.45, 7) is 2.97. The Morgan fingerprint density at radius 3 is 2.64 bits per heavy atom. The summed E-state index contributed by atoms with van der Waals surface area (Å²) in [5.41, 5.74) is 3.02. The average molecular weight is 378 g/mol. The third-order valence-electron chi connectivity index (χ3n) is 4.77. The van der Waals surface area contributed by atoms with Gasteiger partial charge >= 0.3 is 0 Å². The lowest BCUT2D eigenvalue weighted by Gasteiger charge is -2.23. The second-order valence-electron chi connectivity index (χ2n) is 6.75. The highest BCUT2D eigenvalue weighted by atomic mass is 16.5. The van der Waals surface area contributed by atoms with E-state index in [0.29, 0.717) is 13.1 Å². The fourth-order valence-corrected chi connectivity index (χ4v) is 2.97.